The number of carboxylic acid groups (broad SMARTS) is 1. The van der Waals surface area contributed by atoms with E-state index in [-0.39, 0.29) is 11.3 Å². The molecular weight excluding hydrogens is 252 g/mol. The van der Waals surface area contributed by atoms with Crippen molar-refractivity contribution in [3.63, 3.8) is 0 Å². The molecule has 0 saturated carbocycles. The smallest absolute Gasteiger partial charge is 0.336 e. The number of aliphatic carboxylic acids is 1. The molecule has 6 heteroatoms. The number of hydrogen-bond donors (Lipinski definition) is 3. The van der Waals surface area contributed by atoms with Crippen LogP contribution in [-0.2, 0) is 14.6 Å². The second kappa shape index (κ2) is 7.79. The molecule has 6 nitrogen and oxygen atoms in total. The Kier molecular flexibility index (Phi) is 7.51. The van der Waals surface area contributed by atoms with E-state index in [0.717, 1.165) is 12.8 Å². The molecule has 0 bridgehead atoms. The largest absolute Gasteiger partial charge is 0.479 e. The Labute approximate surface area is 114 Å². The van der Waals surface area contributed by atoms with Crippen molar-refractivity contribution in [1.82, 2.24) is 0 Å². The second-order valence-electron chi connectivity index (χ2n) is 5.47. The quantitative estimate of drug-likeness (QED) is 0.443. The summed E-state index contributed by atoms with van der Waals surface area (Å²) in [6.07, 6.45) is -0.312. The Balaban J connectivity index is 5.12. The Hall–Kier alpha value is -0.690. The van der Waals surface area contributed by atoms with Crippen LogP contribution >= 0.6 is 0 Å². The van der Waals surface area contributed by atoms with Gasteiger partial charge in [0.15, 0.2) is 6.10 Å². The fourth-order valence-electron chi connectivity index (χ4n) is 2.43. The van der Waals surface area contributed by atoms with E-state index < -0.39 is 24.1 Å². The van der Waals surface area contributed by atoms with Crippen molar-refractivity contribution < 1.29 is 30.2 Å². The van der Waals surface area contributed by atoms with Crippen LogP contribution in [0.25, 0.3) is 0 Å². The van der Waals surface area contributed by atoms with Gasteiger partial charge in [-0.3, -0.25) is 10.5 Å². The SMILES string of the molecule is CCC(C)(CC)C(OO)C(C)C(C)C(OO)C(=O)O. The average Bonchev–Trinajstić information content (AvgIpc) is 2.39. The minimum atomic E-state index is -1.34. The third kappa shape index (κ3) is 4.14. The maximum atomic E-state index is 11.0. The van der Waals surface area contributed by atoms with Crippen LogP contribution in [0, 0.1) is 17.3 Å². The summed E-state index contributed by atoms with van der Waals surface area (Å²) in [5.74, 6) is -2.06. The van der Waals surface area contributed by atoms with Crippen molar-refractivity contribution in [2.45, 2.75) is 59.7 Å². The fourth-order valence-corrected chi connectivity index (χ4v) is 2.43. The van der Waals surface area contributed by atoms with E-state index in [1.807, 2.05) is 20.8 Å². The predicted octanol–water partition coefficient (Wildman–Crippen LogP) is 2.89. The lowest BCUT2D eigenvalue weighted by molar-refractivity contribution is -0.329. The Bertz CT molecular complexity index is 276. The second-order valence-corrected chi connectivity index (χ2v) is 5.47. The molecule has 0 radical (unpaired) electrons. The summed E-state index contributed by atoms with van der Waals surface area (Å²) in [7, 11) is 0. The van der Waals surface area contributed by atoms with Gasteiger partial charge in [-0.05, 0) is 24.2 Å². The van der Waals surface area contributed by atoms with Crippen LogP contribution in [-0.4, -0.2) is 33.8 Å². The summed E-state index contributed by atoms with van der Waals surface area (Å²) in [5, 5.41) is 26.9. The average molecular weight is 278 g/mol. The topological polar surface area (TPSA) is 96.2 Å². The van der Waals surface area contributed by atoms with Crippen LogP contribution < -0.4 is 0 Å². The molecule has 0 amide bonds. The summed E-state index contributed by atoms with van der Waals surface area (Å²) < 4.78 is 0. The zero-order chi connectivity index (χ0) is 15.2. The van der Waals surface area contributed by atoms with Crippen LogP contribution in [0.5, 0.6) is 0 Å². The Morgan fingerprint density at radius 1 is 1.11 bits per heavy atom. The molecule has 19 heavy (non-hydrogen) atoms. The van der Waals surface area contributed by atoms with E-state index in [1.54, 1.807) is 13.8 Å². The molecule has 3 N–H and O–H groups in total. The number of carbonyl (C=O) groups is 1. The highest BCUT2D eigenvalue weighted by molar-refractivity contribution is 5.72. The molecule has 0 aliphatic rings. The first-order valence-corrected chi connectivity index (χ1v) is 6.62. The van der Waals surface area contributed by atoms with E-state index in [1.165, 1.54) is 0 Å². The molecule has 0 fully saturated rings. The Morgan fingerprint density at radius 3 is 1.84 bits per heavy atom. The van der Waals surface area contributed by atoms with Crippen molar-refractivity contribution in [3.8, 4) is 0 Å². The minimum Gasteiger partial charge on any atom is -0.479 e. The van der Waals surface area contributed by atoms with Gasteiger partial charge < -0.3 is 5.11 Å². The van der Waals surface area contributed by atoms with Gasteiger partial charge in [0.05, 0.1) is 0 Å². The van der Waals surface area contributed by atoms with Gasteiger partial charge in [-0.2, -0.15) is 0 Å². The van der Waals surface area contributed by atoms with Gasteiger partial charge in [-0.15, -0.1) is 0 Å². The number of hydrogen-bond acceptors (Lipinski definition) is 5. The Morgan fingerprint density at radius 2 is 1.58 bits per heavy atom. The van der Waals surface area contributed by atoms with Crippen LogP contribution in [0.3, 0.4) is 0 Å². The molecular formula is C13H26O6. The van der Waals surface area contributed by atoms with Gasteiger partial charge in [-0.1, -0.05) is 34.6 Å². The number of rotatable bonds is 9. The third-order valence-corrected chi connectivity index (χ3v) is 4.56. The van der Waals surface area contributed by atoms with Crippen LogP contribution in [0.2, 0.25) is 0 Å². The van der Waals surface area contributed by atoms with Crippen molar-refractivity contribution in [2.75, 3.05) is 0 Å². The molecule has 0 aliphatic heterocycles. The van der Waals surface area contributed by atoms with Crippen LogP contribution in [0.1, 0.15) is 47.5 Å². The van der Waals surface area contributed by atoms with Crippen molar-refractivity contribution in [2.24, 2.45) is 17.3 Å². The van der Waals surface area contributed by atoms with Crippen LogP contribution in [0.4, 0.5) is 0 Å². The van der Waals surface area contributed by atoms with Gasteiger partial charge in [0.25, 0.3) is 0 Å². The molecule has 4 atom stereocenters. The molecule has 0 aliphatic carbocycles. The monoisotopic (exact) mass is 278 g/mol. The zero-order valence-electron chi connectivity index (χ0n) is 12.3. The normalized spacial score (nSPS) is 18.7. The molecule has 0 aromatic heterocycles. The van der Waals surface area contributed by atoms with E-state index >= 15 is 0 Å². The highest BCUT2D eigenvalue weighted by atomic mass is 17.1. The minimum absolute atomic E-state index is 0.277. The molecule has 0 aromatic rings. The summed E-state index contributed by atoms with van der Waals surface area (Å²) in [4.78, 5) is 19.6. The lowest BCUT2D eigenvalue weighted by atomic mass is 9.70. The summed E-state index contributed by atoms with van der Waals surface area (Å²) in [6, 6.07) is 0. The first kappa shape index (κ1) is 18.3. The van der Waals surface area contributed by atoms with Gasteiger partial charge in [-0.25, -0.2) is 14.6 Å². The highest BCUT2D eigenvalue weighted by Gasteiger charge is 2.42. The molecule has 0 spiro atoms. The van der Waals surface area contributed by atoms with Crippen LogP contribution in [0.15, 0.2) is 0 Å². The molecule has 0 aromatic carbocycles. The molecule has 0 rings (SSSR count). The standard InChI is InChI=1S/C13H26O6/c1-6-13(5,7-2)11(19-17)9(4)8(3)10(18-16)12(14)15/h8-11,16-17H,6-7H2,1-5H3,(H,14,15). The molecule has 0 saturated heterocycles. The summed E-state index contributed by atoms with van der Waals surface area (Å²) >= 11 is 0. The zero-order valence-corrected chi connectivity index (χ0v) is 12.3. The first-order chi connectivity index (χ1) is 8.78. The summed E-state index contributed by atoms with van der Waals surface area (Å²) in [5.41, 5.74) is -0.277. The van der Waals surface area contributed by atoms with E-state index in [2.05, 4.69) is 9.78 Å². The molecule has 0 heterocycles. The number of carboxylic acids is 1. The lowest BCUT2D eigenvalue weighted by Gasteiger charge is -2.40. The van der Waals surface area contributed by atoms with Crippen molar-refractivity contribution in [1.29, 1.82) is 0 Å². The third-order valence-electron chi connectivity index (χ3n) is 4.56. The van der Waals surface area contributed by atoms with Gasteiger partial charge in [0, 0.05) is 5.92 Å². The van der Waals surface area contributed by atoms with E-state index in [4.69, 9.17) is 10.4 Å². The maximum absolute atomic E-state index is 11.0. The molecule has 114 valence electrons. The van der Waals surface area contributed by atoms with Crippen molar-refractivity contribution in [3.05, 3.63) is 0 Å². The van der Waals surface area contributed by atoms with Crippen molar-refractivity contribution >= 4 is 5.97 Å². The van der Waals surface area contributed by atoms with E-state index in [0.29, 0.717) is 0 Å². The summed E-state index contributed by atoms with van der Waals surface area (Å²) in [6.45, 7) is 9.39. The predicted molar refractivity (Wildman–Crippen MR) is 69.7 cm³/mol. The lowest BCUT2D eigenvalue weighted by Crippen LogP contribution is -2.45. The molecule has 4 unspecified atom stereocenters. The van der Waals surface area contributed by atoms with Gasteiger partial charge >= 0.3 is 5.97 Å². The van der Waals surface area contributed by atoms with Gasteiger partial charge in [0.2, 0.25) is 0 Å². The first-order valence-electron chi connectivity index (χ1n) is 6.62. The van der Waals surface area contributed by atoms with E-state index in [9.17, 15) is 10.1 Å². The fraction of sp³-hybridized carbons (Fsp3) is 0.923. The van der Waals surface area contributed by atoms with Gasteiger partial charge in [0.1, 0.15) is 6.10 Å². The maximum Gasteiger partial charge on any atom is 0.336 e. The highest BCUT2D eigenvalue weighted by Crippen LogP contribution is 2.39.